The Balaban J connectivity index is 2.59. The number of nitrogen functional groups attached to an aromatic ring is 1. The van der Waals surface area contributed by atoms with Gasteiger partial charge in [0, 0.05) is 31.9 Å². The lowest BCUT2D eigenvalue weighted by atomic mass is 10.1. The van der Waals surface area contributed by atoms with Gasteiger partial charge in [0.25, 0.3) is 5.91 Å². The molecule has 0 heterocycles. The number of nitrogens with one attached hydrogen (secondary N) is 1. The number of sulfonamides is 1. The van der Waals surface area contributed by atoms with Crippen LogP contribution in [0.15, 0.2) is 18.2 Å². The number of benzene rings is 1. The molecule has 0 spiro atoms. The first-order chi connectivity index (χ1) is 8.74. The van der Waals surface area contributed by atoms with Crippen molar-refractivity contribution >= 4 is 21.6 Å². The minimum Gasteiger partial charge on any atom is -0.399 e. The lowest BCUT2D eigenvalue weighted by Gasteiger charge is -2.11. The van der Waals surface area contributed by atoms with Crippen LogP contribution in [0.5, 0.6) is 0 Å². The fourth-order valence-corrected chi connectivity index (χ4v) is 2.12. The average molecular weight is 285 g/mol. The summed E-state index contributed by atoms with van der Waals surface area (Å²) in [6.45, 7) is 1.88. The second kappa shape index (κ2) is 6.03. The van der Waals surface area contributed by atoms with E-state index in [9.17, 15) is 13.2 Å². The van der Waals surface area contributed by atoms with Gasteiger partial charge in [-0.1, -0.05) is 0 Å². The molecule has 7 heteroatoms. The number of hydrogen-bond donors (Lipinski definition) is 2. The third-order valence-electron chi connectivity index (χ3n) is 2.73. The van der Waals surface area contributed by atoms with Gasteiger partial charge in [-0.2, -0.15) is 0 Å². The van der Waals surface area contributed by atoms with Crippen molar-refractivity contribution in [1.82, 2.24) is 9.62 Å². The maximum atomic E-state index is 11.8. The molecular weight excluding hydrogens is 266 g/mol. The molecule has 106 valence electrons. The van der Waals surface area contributed by atoms with Gasteiger partial charge in [0.2, 0.25) is 10.0 Å². The zero-order valence-electron chi connectivity index (χ0n) is 11.3. The van der Waals surface area contributed by atoms with Crippen LogP contribution >= 0.6 is 0 Å². The van der Waals surface area contributed by atoms with E-state index in [4.69, 9.17) is 5.73 Å². The molecule has 1 aromatic rings. The van der Waals surface area contributed by atoms with Crippen LogP contribution in [0.4, 0.5) is 5.69 Å². The number of rotatable bonds is 5. The molecule has 1 rings (SSSR count). The highest BCUT2D eigenvalue weighted by Gasteiger charge is 2.14. The zero-order valence-corrected chi connectivity index (χ0v) is 12.1. The largest absolute Gasteiger partial charge is 0.399 e. The highest BCUT2D eigenvalue weighted by molar-refractivity contribution is 7.89. The number of aryl methyl sites for hydroxylation is 1. The number of nitrogens with two attached hydrogens (primary N) is 1. The minimum absolute atomic E-state index is 0.0722. The first-order valence-corrected chi connectivity index (χ1v) is 7.39. The molecule has 6 nitrogen and oxygen atoms in total. The SMILES string of the molecule is Cc1cc(C(=O)NCCS(=O)(=O)N(C)C)ccc1N. The molecule has 0 saturated carbocycles. The van der Waals surface area contributed by atoms with Crippen molar-refractivity contribution in [2.24, 2.45) is 0 Å². The van der Waals surface area contributed by atoms with E-state index in [-0.39, 0.29) is 18.2 Å². The van der Waals surface area contributed by atoms with E-state index in [0.717, 1.165) is 9.87 Å². The first kappa shape index (κ1) is 15.5. The van der Waals surface area contributed by atoms with E-state index in [1.165, 1.54) is 14.1 Å². The van der Waals surface area contributed by atoms with E-state index in [0.29, 0.717) is 11.3 Å². The Labute approximate surface area is 113 Å². The van der Waals surface area contributed by atoms with Crippen molar-refractivity contribution in [3.8, 4) is 0 Å². The van der Waals surface area contributed by atoms with E-state index in [1.54, 1.807) is 18.2 Å². The van der Waals surface area contributed by atoms with Gasteiger partial charge >= 0.3 is 0 Å². The van der Waals surface area contributed by atoms with Crippen LogP contribution in [-0.4, -0.2) is 45.0 Å². The fourth-order valence-electron chi connectivity index (χ4n) is 1.40. The van der Waals surface area contributed by atoms with Crippen LogP contribution < -0.4 is 11.1 Å². The van der Waals surface area contributed by atoms with Crippen LogP contribution in [-0.2, 0) is 10.0 Å². The maximum absolute atomic E-state index is 11.8. The molecule has 0 atom stereocenters. The first-order valence-electron chi connectivity index (χ1n) is 5.78. The van der Waals surface area contributed by atoms with Crippen LogP contribution in [0.3, 0.4) is 0 Å². The number of amides is 1. The summed E-state index contributed by atoms with van der Waals surface area (Å²) in [5, 5.41) is 2.57. The minimum atomic E-state index is -3.29. The van der Waals surface area contributed by atoms with Gasteiger partial charge in [0.15, 0.2) is 0 Å². The maximum Gasteiger partial charge on any atom is 0.251 e. The highest BCUT2D eigenvalue weighted by atomic mass is 32.2. The molecule has 1 amide bonds. The Hall–Kier alpha value is -1.60. The van der Waals surface area contributed by atoms with E-state index >= 15 is 0 Å². The van der Waals surface area contributed by atoms with Gasteiger partial charge in [-0.3, -0.25) is 4.79 Å². The molecule has 0 radical (unpaired) electrons. The molecule has 0 aromatic heterocycles. The normalized spacial score (nSPS) is 11.6. The van der Waals surface area contributed by atoms with Gasteiger partial charge in [-0.25, -0.2) is 12.7 Å². The molecule has 0 aliphatic rings. The Kier molecular flexibility index (Phi) is 4.90. The van der Waals surface area contributed by atoms with Crippen LogP contribution in [0, 0.1) is 6.92 Å². The summed E-state index contributed by atoms with van der Waals surface area (Å²) in [5.41, 5.74) is 7.56. The Morgan fingerprint density at radius 2 is 2.00 bits per heavy atom. The zero-order chi connectivity index (χ0) is 14.6. The molecular formula is C12H19N3O3S. The Bertz CT molecular complexity index is 568. The summed E-state index contributed by atoms with van der Waals surface area (Å²) in [4.78, 5) is 11.8. The standard InChI is InChI=1S/C12H19N3O3S/c1-9-8-10(4-5-11(9)13)12(16)14-6-7-19(17,18)15(2)3/h4-5,8H,6-7,13H2,1-3H3,(H,14,16). The highest BCUT2D eigenvalue weighted by Crippen LogP contribution is 2.12. The lowest BCUT2D eigenvalue weighted by molar-refractivity contribution is 0.0956. The second-order valence-corrected chi connectivity index (χ2v) is 6.73. The van der Waals surface area contributed by atoms with Gasteiger partial charge in [0.1, 0.15) is 0 Å². The quantitative estimate of drug-likeness (QED) is 0.756. The molecule has 0 saturated heterocycles. The molecule has 1 aromatic carbocycles. The number of anilines is 1. The molecule has 0 unspecified atom stereocenters. The number of hydrogen-bond acceptors (Lipinski definition) is 4. The molecule has 0 aliphatic carbocycles. The van der Waals surface area contributed by atoms with E-state index in [2.05, 4.69) is 5.32 Å². The smallest absolute Gasteiger partial charge is 0.251 e. The number of carbonyl (C=O) groups is 1. The van der Waals surface area contributed by atoms with Gasteiger partial charge in [-0.05, 0) is 30.7 Å². The van der Waals surface area contributed by atoms with Gasteiger partial charge in [-0.15, -0.1) is 0 Å². The average Bonchev–Trinajstić information content (AvgIpc) is 2.32. The topological polar surface area (TPSA) is 92.5 Å². The van der Waals surface area contributed by atoms with Gasteiger partial charge < -0.3 is 11.1 Å². The van der Waals surface area contributed by atoms with Crippen LogP contribution in [0.1, 0.15) is 15.9 Å². The summed E-state index contributed by atoms with van der Waals surface area (Å²) in [7, 11) is -0.375. The predicted octanol–water partition coefficient (Wildman–Crippen LogP) is 0.198. The molecule has 0 bridgehead atoms. The van der Waals surface area contributed by atoms with E-state index in [1.807, 2.05) is 6.92 Å². The van der Waals surface area contributed by atoms with Gasteiger partial charge in [0.05, 0.1) is 5.75 Å². The van der Waals surface area contributed by atoms with Crippen molar-refractivity contribution in [2.45, 2.75) is 6.92 Å². The third-order valence-corrected chi connectivity index (χ3v) is 4.57. The summed E-state index contributed by atoms with van der Waals surface area (Å²) < 4.78 is 24.1. The number of nitrogens with zero attached hydrogens (tertiary/aromatic N) is 1. The van der Waals surface area contributed by atoms with Crippen LogP contribution in [0.2, 0.25) is 0 Å². The summed E-state index contributed by atoms with van der Waals surface area (Å²) in [6, 6.07) is 4.93. The molecule has 0 aliphatic heterocycles. The van der Waals surface area contributed by atoms with Crippen LogP contribution in [0.25, 0.3) is 0 Å². The fraction of sp³-hybridized carbons (Fsp3) is 0.417. The Morgan fingerprint density at radius 1 is 1.37 bits per heavy atom. The summed E-state index contributed by atoms with van der Waals surface area (Å²) >= 11 is 0. The second-order valence-electron chi connectivity index (χ2n) is 4.43. The molecule has 0 fully saturated rings. The van der Waals surface area contributed by atoms with Crippen molar-refractivity contribution < 1.29 is 13.2 Å². The predicted molar refractivity (Wildman–Crippen MR) is 75.4 cm³/mol. The lowest BCUT2D eigenvalue weighted by Crippen LogP contribution is -2.33. The van der Waals surface area contributed by atoms with E-state index < -0.39 is 10.0 Å². The molecule has 3 N–H and O–H groups in total. The summed E-state index contributed by atoms with van der Waals surface area (Å²) in [5.74, 6) is -0.434. The number of carbonyl (C=O) groups excluding carboxylic acids is 1. The van der Waals surface area contributed by atoms with Crippen molar-refractivity contribution in [3.63, 3.8) is 0 Å². The van der Waals surface area contributed by atoms with Crippen molar-refractivity contribution in [1.29, 1.82) is 0 Å². The Morgan fingerprint density at radius 3 is 2.53 bits per heavy atom. The summed E-state index contributed by atoms with van der Waals surface area (Å²) in [6.07, 6.45) is 0. The molecule has 19 heavy (non-hydrogen) atoms. The van der Waals surface area contributed by atoms with Crippen molar-refractivity contribution in [3.05, 3.63) is 29.3 Å². The van der Waals surface area contributed by atoms with Crippen molar-refractivity contribution in [2.75, 3.05) is 32.1 Å². The monoisotopic (exact) mass is 285 g/mol. The third kappa shape index (κ3) is 4.22.